The average molecular weight is 463 g/mol. The van der Waals surface area contributed by atoms with E-state index in [2.05, 4.69) is 10.6 Å². The Bertz CT molecular complexity index is 1150. The van der Waals surface area contributed by atoms with Crippen LogP contribution in [-0.4, -0.2) is 31.6 Å². The number of rotatable bonds is 10. The quantitative estimate of drug-likeness (QED) is 0.423. The fourth-order valence-corrected chi connectivity index (χ4v) is 3.23. The van der Waals surface area contributed by atoms with Crippen LogP contribution in [0.15, 0.2) is 60.7 Å². The second kappa shape index (κ2) is 11.7. The van der Waals surface area contributed by atoms with E-state index >= 15 is 0 Å². The molecule has 0 saturated heterocycles. The molecule has 0 aromatic heterocycles. The molecule has 178 valence electrons. The van der Waals surface area contributed by atoms with Gasteiger partial charge in [-0.3, -0.25) is 9.59 Å². The molecule has 0 aliphatic carbocycles. The summed E-state index contributed by atoms with van der Waals surface area (Å²) in [4.78, 5) is 25.3. The van der Waals surface area contributed by atoms with Gasteiger partial charge >= 0.3 is 0 Å². The highest BCUT2D eigenvalue weighted by Crippen LogP contribution is 2.37. The van der Waals surface area contributed by atoms with Gasteiger partial charge in [0.25, 0.3) is 11.8 Å². The molecule has 3 aromatic rings. The Hall–Kier alpha value is -4.00. The van der Waals surface area contributed by atoms with Gasteiger partial charge in [-0.05, 0) is 63.1 Å². The van der Waals surface area contributed by atoms with Crippen LogP contribution in [0.3, 0.4) is 0 Å². The van der Waals surface area contributed by atoms with Crippen LogP contribution in [0, 0.1) is 13.8 Å². The van der Waals surface area contributed by atoms with E-state index in [0.29, 0.717) is 47.4 Å². The predicted molar refractivity (Wildman–Crippen MR) is 133 cm³/mol. The van der Waals surface area contributed by atoms with Gasteiger partial charge in [-0.1, -0.05) is 24.3 Å². The summed E-state index contributed by atoms with van der Waals surface area (Å²) in [7, 11) is 0. The van der Waals surface area contributed by atoms with E-state index in [9.17, 15) is 9.59 Å². The van der Waals surface area contributed by atoms with Crippen molar-refractivity contribution in [1.82, 2.24) is 0 Å². The van der Waals surface area contributed by atoms with Crippen LogP contribution in [0.4, 0.5) is 11.4 Å². The smallest absolute Gasteiger partial charge is 0.262 e. The second-order valence-corrected chi connectivity index (χ2v) is 7.61. The molecular weight excluding hydrogens is 432 g/mol. The Balaban J connectivity index is 1.78. The summed E-state index contributed by atoms with van der Waals surface area (Å²) in [5, 5.41) is 5.69. The number of ether oxygens (including phenoxy) is 3. The number of benzene rings is 3. The molecule has 0 unspecified atom stereocenters. The van der Waals surface area contributed by atoms with Crippen molar-refractivity contribution in [2.75, 3.05) is 30.5 Å². The van der Waals surface area contributed by atoms with Crippen molar-refractivity contribution in [3.8, 4) is 17.2 Å². The van der Waals surface area contributed by atoms with E-state index in [-0.39, 0.29) is 18.4 Å². The number of hydrogen-bond donors (Lipinski definition) is 2. The molecule has 0 heterocycles. The highest BCUT2D eigenvalue weighted by atomic mass is 16.5. The summed E-state index contributed by atoms with van der Waals surface area (Å²) < 4.78 is 17.1. The third-order valence-electron chi connectivity index (χ3n) is 5.09. The number of carbonyl (C=O) groups excluding carboxylic acids is 2. The molecule has 0 atom stereocenters. The maximum absolute atomic E-state index is 12.7. The van der Waals surface area contributed by atoms with Crippen molar-refractivity contribution in [2.24, 2.45) is 0 Å². The van der Waals surface area contributed by atoms with Crippen LogP contribution in [0.25, 0.3) is 0 Å². The van der Waals surface area contributed by atoms with Gasteiger partial charge in [-0.2, -0.15) is 0 Å². The van der Waals surface area contributed by atoms with E-state index < -0.39 is 0 Å². The fourth-order valence-electron chi connectivity index (χ4n) is 3.23. The topological polar surface area (TPSA) is 85.9 Å². The van der Waals surface area contributed by atoms with Gasteiger partial charge in [-0.25, -0.2) is 0 Å². The number of carbonyl (C=O) groups is 2. The normalized spacial score (nSPS) is 10.4. The first-order valence-corrected chi connectivity index (χ1v) is 11.2. The first-order valence-electron chi connectivity index (χ1n) is 11.2. The Morgan fingerprint density at radius 3 is 1.94 bits per heavy atom. The lowest BCUT2D eigenvalue weighted by atomic mass is 10.1. The standard InChI is InChI=1S/C27H30N2O5/c1-5-32-24-16-23(29-27(31)20-10-8-7-9-11-20)25(33-6-2)15-22(24)28-26(30)17-34-21-13-12-18(3)19(4)14-21/h7-16H,5-6,17H2,1-4H3,(H,28,30)(H,29,31). The van der Waals surface area contributed by atoms with Gasteiger partial charge in [0, 0.05) is 17.7 Å². The summed E-state index contributed by atoms with van der Waals surface area (Å²) in [6.45, 7) is 8.28. The van der Waals surface area contributed by atoms with Crippen molar-refractivity contribution in [2.45, 2.75) is 27.7 Å². The summed E-state index contributed by atoms with van der Waals surface area (Å²) in [5.41, 5.74) is 3.64. The number of anilines is 2. The van der Waals surface area contributed by atoms with Gasteiger partial charge in [0.05, 0.1) is 24.6 Å². The molecule has 34 heavy (non-hydrogen) atoms. The van der Waals surface area contributed by atoms with E-state index in [1.54, 1.807) is 36.4 Å². The number of amides is 2. The number of nitrogens with one attached hydrogen (secondary N) is 2. The van der Waals surface area contributed by atoms with Gasteiger partial charge in [-0.15, -0.1) is 0 Å². The lowest BCUT2D eigenvalue weighted by molar-refractivity contribution is -0.118. The Morgan fingerprint density at radius 2 is 1.35 bits per heavy atom. The Morgan fingerprint density at radius 1 is 0.735 bits per heavy atom. The molecule has 7 heteroatoms. The molecule has 7 nitrogen and oxygen atoms in total. The van der Waals surface area contributed by atoms with Crippen LogP contribution in [0.1, 0.15) is 35.3 Å². The largest absolute Gasteiger partial charge is 0.492 e. The molecule has 3 aromatic carbocycles. The van der Waals surface area contributed by atoms with Crippen molar-refractivity contribution in [1.29, 1.82) is 0 Å². The molecule has 0 bridgehead atoms. The minimum absolute atomic E-state index is 0.162. The van der Waals surface area contributed by atoms with E-state index in [0.717, 1.165) is 11.1 Å². The molecule has 0 aliphatic heterocycles. The summed E-state index contributed by atoms with van der Waals surface area (Å²) >= 11 is 0. The zero-order valence-corrected chi connectivity index (χ0v) is 19.9. The van der Waals surface area contributed by atoms with Gasteiger partial charge in [0.2, 0.25) is 0 Å². The molecule has 2 amide bonds. The van der Waals surface area contributed by atoms with Crippen LogP contribution >= 0.6 is 0 Å². The van der Waals surface area contributed by atoms with Gasteiger partial charge in [0.15, 0.2) is 6.61 Å². The molecule has 0 fully saturated rings. The molecule has 3 rings (SSSR count). The average Bonchev–Trinajstić information content (AvgIpc) is 2.83. The van der Waals surface area contributed by atoms with Crippen molar-refractivity contribution in [3.63, 3.8) is 0 Å². The van der Waals surface area contributed by atoms with Gasteiger partial charge in [0.1, 0.15) is 17.2 Å². The lowest BCUT2D eigenvalue weighted by Crippen LogP contribution is -2.21. The first-order chi connectivity index (χ1) is 16.4. The fraction of sp³-hybridized carbons (Fsp3) is 0.259. The highest BCUT2D eigenvalue weighted by molar-refractivity contribution is 6.05. The molecular formula is C27H30N2O5. The monoisotopic (exact) mass is 462 g/mol. The van der Waals surface area contributed by atoms with Crippen LogP contribution in [0.2, 0.25) is 0 Å². The Labute approximate surface area is 200 Å². The summed E-state index contributed by atoms with van der Waals surface area (Å²) in [5.74, 6) is 0.831. The summed E-state index contributed by atoms with van der Waals surface area (Å²) in [6, 6.07) is 17.9. The lowest BCUT2D eigenvalue weighted by Gasteiger charge is -2.18. The van der Waals surface area contributed by atoms with Gasteiger partial charge < -0.3 is 24.8 Å². The third kappa shape index (κ3) is 6.51. The maximum Gasteiger partial charge on any atom is 0.262 e. The van der Waals surface area contributed by atoms with E-state index in [1.165, 1.54) is 0 Å². The molecule has 2 N–H and O–H groups in total. The van der Waals surface area contributed by atoms with E-state index in [4.69, 9.17) is 14.2 Å². The van der Waals surface area contributed by atoms with Crippen LogP contribution in [0.5, 0.6) is 17.2 Å². The molecule has 0 spiro atoms. The minimum atomic E-state index is -0.345. The van der Waals surface area contributed by atoms with Crippen molar-refractivity contribution >= 4 is 23.2 Å². The van der Waals surface area contributed by atoms with Crippen molar-refractivity contribution < 1.29 is 23.8 Å². The SMILES string of the molecule is CCOc1cc(NC(=O)c2ccccc2)c(OCC)cc1NC(=O)COc1ccc(C)c(C)c1. The third-order valence-corrected chi connectivity index (χ3v) is 5.09. The Kier molecular flexibility index (Phi) is 8.51. The minimum Gasteiger partial charge on any atom is -0.492 e. The summed E-state index contributed by atoms with van der Waals surface area (Å²) in [6.07, 6.45) is 0. The molecule has 0 radical (unpaired) electrons. The number of aryl methyl sites for hydroxylation is 2. The molecule has 0 saturated carbocycles. The van der Waals surface area contributed by atoms with Crippen LogP contribution in [-0.2, 0) is 4.79 Å². The van der Waals surface area contributed by atoms with E-state index in [1.807, 2.05) is 52.0 Å². The zero-order chi connectivity index (χ0) is 24.5. The molecule has 0 aliphatic rings. The number of hydrogen-bond acceptors (Lipinski definition) is 5. The zero-order valence-electron chi connectivity index (χ0n) is 19.9. The van der Waals surface area contributed by atoms with Crippen LogP contribution < -0.4 is 24.8 Å². The first kappa shape index (κ1) is 24.6. The van der Waals surface area contributed by atoms with Crippen molar-refractivity contribution in [3.05, 3.63) is 77.4 Å². The second-order valence-electron chi connectivity index (χ2n) is 7.61. The highest BCUT2D eigenvalue weighted by Gasteiger charge is 2.17. The predicted octanol–water partition coefficient (Wildman–Crippen LogP) is 5.37. The maximum atomic E-state index is 12.7.